The van der Waals surface area contributed by atoms with Gasteiger partial charge in [-0.2, -0.15) is 0 Å². The van der Waals surface area contributed by atoms with E-state index >= 15 is 0 Å². The topological polar surface area (TPSA) is 97.6 Å². The molecule has 242 valence electrons. The van der Waals surface area contributed by atoms with E-state index in [1.807, 2.05) is 19.9 Å². The van der Waals surface area contributed by atoms with Crippen LogP contribution in [0.2, 0.25) is 5.02 Å². The molecule has 0 radical (unpaired) electrons. The molecule has 0 amide bonds. The number of fused-ring (bicyclic) bond motifs is 2. The zero-order valence-corrected chi connectivity index (χ0v) is 27.5. The molecule has 1 aliphatic heterocycles. The third-order valence-electron chi connectivity index (χ3n) is 10.2. The Kier molecular flexibility index (Phi) is 7.53. The van der Waals surface area contributed by atoms with Gasteiger partial charge in [0.2, 0.25) is 0 Å². The number of carbonyl (C=O) groups is 1. The van der Waals surface area contributed by atoms with E-state index in [2.05, 4.69) is 16.8 Å². The number of likely N-dealkylation sites (tertiary alicyclic amines) is 1. The number of ether oxygens (including phenoxy) is 1. The third-order valence-corrected chi connectivity index (χ3v) is 11.5. The fraction of sp³-hybridized carbons (Fsp3) is 0.471. The van der Waals surface area contributed by atoms with E-state index in [4.69, 9.17) is 21.3 Å². The van der Waals surface area contributed by atoms with Gasteiger partial charge in [-0.15, -0.1) is 11.3 Å². The van der Waals surface area contributed by atoms with Crippen LogP contribution in [0, 0.1) is 19.3 Å². The second kappa shape index (κ2) is 11.1. The molecule has 1 saturated heterocycles. The second-order valence-electron chi connectivity index (χ2n) is 13.3. The van der Waals surface area contributed by atoms with Gasteiger partial charge in [-0.25, -0.2) is 18.6 Å². The van der Waals surface area contributed by atoms with Crippen molar-refractivity contribution in [3.63, 3.8) is 0 Å². The second-order valence-corrected chi connectivity index (χ2v) is 14.6. The molecule has 1 spiro atoms. The molecular formula is C34H35ClF2N4O4S. The predicted molar refractivity (Wildman–Crippen MR) is 174 cm³/mol. The van der Waals surface area contributed by atoms with E-state index in [0.29, 0.717) is 69.4 Å². The molecule has 8 nitrogen and oxygen atoms in total. The molecule has 4 heterocycles. The first kappa shape index (κ1) is 31.2. The van der Waals surface area contributed by atoms with Gasteiger partial charge in [-0.3, -0.25) is 19.2 Å². The summed E-state index contributed by atoms with van der Waals surface area (Å²) in [5.41, 5.74) is 2.76. The monoisotopic (exact) mass is 668 g/mol. The van der Waals surface area contributed by atoms with Crippen molar-refractivity contribution in [2.24, 2.45) is 5.41 Å². The lowest BCUT2D eigenvalue weighted by molar-refractivity contribution is -0.0161. The summed E-state index contributed by atoms with van der Waals surface area (Å²) in [5.74, 6) is -2.48. The molecule has 4 aromatic rings. The lowest BCUT2D eigenvalue weighted by Crippen LogP contribution is -2.56. The molecule has 3 aliphatic rings. The van der Waals surface area contributed by atoms with Crippen LogP contribution in [-0.2, 0) is 19.4 Å². The maximum atomic E-state index is 14.3. The molecule has 1 N–H and O–H groups in total. The zero-order valence-electron chi connectivity index (χ0n) is 26.0. The highest BCUT2D eigenvalue weighted by Gasteiger charge is 2.71. The van der Waals surface area contributed by atoms with Gasteiger partial charge in [-0.1, -0.05) is 11.6 Å². The molecule has 2 atom stereocenters. The molecule has 1 aromatic carbocycles. The van der Waals surface area contributed by atoms with Crippen LogP contribution < -0.4 is 10.3 Å². The summed E-state index contributed by atoms with van der Waals surface area (Å²) < 4.78 is 37.2. The molecule has 1 saturated carbocycles. The van der Waals surface area contributed by atoms with Gasteiger partial charge in [-0.05, 0) is 83.7 Å². The summed E-state index contributed by atoms with van der Waals surface area (Å²) in [5, 5.41) is 11.7. The normalized spacial score (nSPS) is 23.9. The van der Waals surface area contributed by atoms with E-state index in [-0.39, 0.29) is 36.2 Å². The highest BCUT2D eigenvalue weighted by molar-refractivity contribution is 7.18. The van der Waals surface area contributed by atoms with Crippen molar-refractivity contribution in [1.82, 2.24) is 19.4 Å². The number of alkyl halides is 2. The van der Waals surface area contributed by atoms with Crippen LogP contribution in [0.5, 0.6) is 5.75 Å². The lowest BCUT2D eigenvalue weighted by atomic mass is 9.78. The first-order valence-electron chi connectivity index (χ1n) is 15.6. The number of hydrogen-bond acceptors (Lipinski definition) is 7. The van der Waals surface area contributed by atoms with Crippen LogP contribution in [0.15, 0.2) is 34.4 Å². The first-order chi connectivity index (χ1) is 21.8. The first-order valence-corrected chi connectivity index (χ1v) is 16.8. The van der Waals surface area contributed by atoms with E-state index < -0.39 is 17.3 Å². The summed E-state index contributed by atoms with van der Waals surface area (Å²) >= 11 is 7.71. The molecule has 0 bridgehead atoms. The Morgan fingerprint density at radius 2 is 1.96 bits per heavy atom. The van der Waals surface area contributed by atoms with Crippen molar-refractivity contribution < 1.29 is 23.4 Å². The standard InChI is InChI=1S/C34H35ClF2N4O4S/c1-19-13-23(29-28(38-19)25(16-46-29)31(43)44)22-14-21(35)5-6-27(22)45-12-11-41-20(2)39-26-7-9-32(3,15-24(26)30(41)42)40-10-4-8-33(18-40)17-34(33,36)37/h5-6,13-14,16H,4,7-12,15,17-18H2,1-3H3,(H,43,44)/t32-,33-/m0/s1. The van der Waals surface area contributed by atoms with Gasteiger partial charge >= 0.3 is 5.97 Å². The number of pyridine rings is 1. The number of nitrogens with zero attached hydrogens (tertiary/aromatic N) is 4. The van der Waals surface area contributed by atoms with Gasteiger partial charge in [0.25, 0.3) is 11.5 Å². The van der Waals surface area contributed by atoms with E-state index in [1.54, 1.807) is 28.1 Å². The number of benzene rings is 1. The Hall–Kier alpha value is -3.41. The molecular weight excluding hydrogens is 634 g/mol. The highest BCUT2D eigenvalue weighted by atomic mass is 35.5. The molecule has 3 aromatic heterocycles. The summed E-state index contributed by atoms with van der Waals surface area (Å²) in [7, 11) is 0. The Balaban J connectivity index is 1.13. The minimum atomic E-state index is -2.59. The van der Waals surface area contributed by atoms with Crippen LogP contribution in [0.3, 0.4) is 0 Å². The minimum absolute atomic E-state index is 0.0333. The number of rotatable bonds is 7. The number of aryl methyl sites for hydroxylation is 3. The van der Waals surface area contributed by atoms with Gasteiger partial charge in [0.15, 0.2) is 0 Å². The average Bonchev–Trinajstić information content (AvgIpc) is 3.30. The Labute approximate surface area is 274 Å². The molecule has 2 fully saturated rings. The fourth-order valence-electron chi connectivity index (χ4n) is 7.52. The summed E-state index contributed by atoms with van der Waals surface area (Å²) in [6, 6.07) is 7.17. The number of carboxylic acid groups (broad SMARTS) is 1. The summed E-state index contributed by atoms with van der Waals surface area (Å²) in [6.45, 7) is 7.31. The van der Waals surface area contributed by atoms with Gasteiger partial charge in [0, 0.05) is 51.3 Å². The molecule has 2 aliphatic carbocycles. The van der Waals surface area contributed by atoms with Crippen LogP contribution in [-0.4, -0.2) is 61.7 Å². The van der Waals surface area contributed by atoms with Crippen LogP contribution in [0.4, 0.5) is 8.78 Å². The van der Waals surface area contributed by atoms with Crippen molar-refractivity contribution >= 4 is 39.1 Å². The Morgan fingerprint density at radius 1 is 1.17 bits per heavy atom. The molecule has 12 heteroatoms. The van der Waals surface area contributed by atoms with E-state index in [0.717, 1.165) is 30.6 Å². The Bertz CT molecular complexity index is 1960. The van der Waals surface area contributed by atoms with Crippen molar-refractivity contribution in [3.05, 3.63) is 73.4 Å². The van der Waals surface area contributed by atoms with Crippen molar-refractivity contribution in [2.45, 2.75) is 77.3 Å². The van der Waals surface area contributed by atoms with Crippen LogP contribution in [0.25, 0.3) is 21.3 Å². The summed E-state index contributed by atoms with van der Waals surface area (Å²) in [4.78, 5) is 37.2. The number of aromatic carboxylic acids is 1. The van der Waals surface area contributed by atoms with Crippen LogP contribution in [0.1, 0.15) is 65.7 Å². The molecule has 7 rings (SSSR count). The predicted octanol–water partition coefficient (Wildman–Crippen LogP) is 6.94. The van der Waals surface area contributed by atoms with Gasteiger partial charge in [0.1, 0.15) is 18.2 Å². The van der Waals surface area contributed by atoms with E-state index in [9.17, 15) is 23.5 Å². The van der Waals surface area contributed by atoms with Crippen molar-refractivity contribution in [3.8, 4) is 16.9 Å². The smallest absolute Gasteiger partial charge is 0.338 e. The number of hydrogen-bond donors (Lipinski definition) is 1. The number of halogens is 3. The molecule has 46 heavy (non-hydrogen) atoms. The van der Waals surface area contributed by atoms with Crippen molar-refractivity contribution in [1.29, 1.82) is 0 Å². The quantitative estimate of drug-likeness (QED) is 0.228. The van der Waals surface area contributed by atoms with E-state index in [1.165, 1.54) is 11.3 Å². The van der Waals surface area contributed by atoms with Gasteiger partial charge < -0.3 is 9.84 Å². The average molecular weight is 669 g/mol. The maximum Gasteiger partial charge on any atom is 0.338 e. The summed E-state index contributed by atoms with van der Waals surface area (Å²) in [6.07, 6.45) is 3.17. The Morgan fingerprint density at radius 3 is 2.70 bits per heavy atom. The minimum Gasteiger partial charge on any atom is -0.491 e. The molecule has 0 unspecified atom stereocenters. The number of piperidine rings is 1. The van der Waals surface area contributed by atoms with Gasteiger partial charge in [0.05, 0.1) is 33.4 Å². The lowest BCUT2D eigenvalue weighted by Gasteiger charge is -2.48. The van der Waals surface area contributed by atoms with Crippen LogP contribution >= 0.6 is 22.9 Å². The zero-order chi connectivity index (χ0) is 32.6. The fourth-order valence-corrected chi connectivity index (χ4v) is 8.70. The number of carboxylic acids is 1. The SMILES string of the molecule is Cc1cc(-c2cc(Cl)ccc2OCCn2c(C)nc3c(c2=O)C[C@@](C)(N2CCC[C@@]4(C2)CC4(F)F)CC3)c2scc(C(=O)O)c2n1. The largest absolute Gasteiger partial charge is 0.491 e. The maximum absolute atomic E-state index is 14.3. The highest BCUT2D eigenvalue weighted by Crippen LogP contribution is 2.65. The third kappa shape index (κ3) is 5.20. The number of thiophene rings is 1. The number of aromatic nitrogens is 3. The van der Waals surface area contributed by atoms with Crippen molar-refractivity contribution in [2.75, 3.05) is 19.7 Å².